The molecule has 2 aromatic carbocycles. The van der Waals surface area contributed by atoms with Gasteiger partial charge in [0.05, 0.1) is 17.7 Å². The van der Waals surface area contributed by atoms with Crippen LogP contribution in [-0.4, -0.2) is 43.8 Å². The summed E-state index contributed by atoms with van der Waals surface area (Å²) in [5.74, 6) is -0.255. The minimum Gasteiger partial charge on any atom is -0.495 e. The highest BCUT2D eigenvalue weighted by atomic mass is 32.2. The Bertz CT molecular complexity index is 1150. The molecule has 0 aliphatic carbocycles. The molecule has 1 heterocycles. The summed E-state index contributed by atoms with van der Waals surface area (Å²) >= 11 is 0. The lowest BCUT2D eigenvalue weighted by Gasteiger charge is -2.26. The van der Waals surface area contributed by atoms with Crippen LogP contribution in [0.4, 0.5) is 11.4 Å². The third kappa shape index (κ3) is 5.32. The van der Waals surface area contributed by atoms with Crippen molar-refractivity contribution in [3.63, 3.8) is 0 Å². The zero-order chi connectivity index (χ0) is 23.3. The van der Waals surface area contributed by atoms with Crippen LogP contribution >= 0.6 is 0 Å². The summed E-state index contributed by atoms with van der Waals surface area (Å²) in [5.41, 5.74) is 1.39. The van der Waals surface area contributed by atoms with E-state index in [1.165, 1.54) is 41.8 Å². The van der Waals surface area contributed by atoms with Crippen LogP contribution in [-0.2, 0) is 14.8 Å². The molecule has 32 heavy (non-hydrogen) atoms. The van der Waals surface area contributed by atoms with Crippen molar-refractivity contribution in [2.24, 2.45) is 0 Å². The molecule has 10 heteroatoms. The second-order valence-corrected chi connectivity index (χ2v) is 9.36. The molecule has 0 bridgehead atoms. The van der Waals surface area contributed by atoms with Crippen molar-refractivity contribution in [3.05, 3.63) is 63.7 Å². The van der Waals surface area contributed by atoms with Crippen molar-refractivity contribution in [2.75, 3.05) is 25.5 Å². The zero-order valence-electron chi connectivity index (χ0n) is 17.9. The normalized spacial score (nSPS) is 14.9. The number of benzene rings is 2. The van der Waals surface area contributed by atoms with Crippen LogP contribution in [0, 0.1) is 17.0 Å². The van der Waals surface area contributed by atoms with Gasteiger partial charge in [0.25, 0.3) is 5.69 Å². The lowest BCUT2D eigenvalue weighted by molar-refractivity contribution is -0.384. The van der Waals surface area contributed by atoms with Gasteiger partial charge in [0.15, 0.2) is 0 Å². The van der Waals surface area contributed by atoms with Crippen LogP contribution in [0.25, 0.3) is 6.08 Å². The van der Waals surface area contributed by atoms with Gasteiger partial charge in [-0.25, -0.2) is 8.42 Å². The number of anilines is 1. The minimum absolute atomic E-state index is 0.0546. The number of nitrogens with one attached hydrogen (secondary N) is 1. The molecule has 1 amide bonds. The van der Waals surface area contributed by atoms with E-state index in [-0.39, 0.29) is 16.3 Å². The van der Waals surface area contributed by atoms with Crippen molar-refractivity contribution in [1.82, 2.24) is 4.31 Å². The standard InChI is InChI=1S/C22H25N3O6S/c1-16-6-9-18(25(27)28)15-19(16)23-22(26)11-8-17-7-10-20(31-2)21(14-17)32(29,30)24-12-4-3-5-13-24/h6-11,14-15H,3-5,12-13H2,1-2H3,(H,23,26)/b11-8+. The van der Waals surface area contributed by atoms with Crippen LogP contribution in [0.1, 0.15) is 30.4 Å². The second kappa shape index (κ2) is 9.92. The fourth-order valence-corrected chi connectivity index (χ4v) is 5.16. The molecule has 1 fully saturated rings. The van der Waals surface area contributed by atoms with Crippen LogP contribution in [0.15, 0.2) is 47.4 Å². The number of carbonyl (C=O) groups excluding carboxylic acids is 1. The van der Waals surface area contributed by atoms with Crippen LogP contribution in [0.5, 0.6) is 5.75 Å². The monoisotopic (exact) mass is 459 g/mol. The minimum atomic E-state index is -3.72. The molecule has 1 N–H and O–H groups in total. The van der Waals surface area contributed by atoms with E-state index in [0.29, 0.717) is 29.9 Å². The average molecular weight is 460 g/mol. The van der Waals surface area contributed by atoms with Gasteiger partial charge >= 0.3 is 0 Å². The van der Waals surface area contributed by atoms with Gasteiger partial charge in [-0.2, -0.15) is 4.31 Å². The quantitative estimate of drug-likeness (QED) is 0.383. The first-order chi connectivity index (χ1) is 15.2. The van der Waals surface area contributed by atoms with Crippen molar-refractivity contribution in [3.8, 4) is 5.75 Å². The number of sulfonamides is 1. The highest BCUT2D eigenvalue weighted by Crippen LogP contribution is 2.30. The Morgan fingerprint density at radius 3 is 2.53 bits per heavy atom. The van der Waals surface area contributed by atoms with Crippen LogP contribution < -0.4 is 10.1 Å². The fraction of sp³-hybridized carbons (Fsp3) is 0.318. The number of nitro benzene ring substituents is 1. The summed E-state index contributed by atoms with van der Waals surface area (Å²) < 4.78 is 32.9. The van der Waals surface area contributed by atoms with Gasteiger partial charge in [-0.1, -0.05) is 18.6 Å². The molecule has 0 saturated carbocycles. The summed E-state index contributed by atoms with van der Waals surface area (Å²) in [7, 11) is -2.31. The number of rotatable bonds is 7. The van der Waals surface area contributed by atoms with Crippen molar-refractivity contribution in [2.45, 2.75) is 31.1 Å². The van der Waals surface area contributed by atoms with Gasteiger partial charge < -0.3 is 10.1 Å². The highest BCUT2D eigenvalue weighted by molar-refractivity contribution is 7.89. The molecule has 0 aromatic heterocycles. The molecule has 1 aliphatic heterocycles. The predicted octanol–water partition coefficient (Wildman–Crippen LogP) is 3.74. The van der Waals surface area contributed by atoms with E-state index in [9.17, 15) is 23.3 Å². The number of hydrogen-bond donors (Lipinski definition) is 1. The van der Waals surface area contributed by atoms with Crippen molar-refractivity contribution < 1.29 is 22.9 Å². The van der Waals surface area contributed by atoms with E-state index in [1.807, 2.05) is 0 Å². The summed E-state index contributed by atoms with van der Waals surface area (Å²) in [6.07, 6.45) is 5.37. The van der Waals surface area contributed by atoms with E-state index < -0.39 is 20.9 Å². The number of amides is 1. The Kier molecular flexibility index (Phi) is 7.26. The number of carbonyl (C=O) groups is 1. The molecule has 2 aromatic rings. The van der Waals surface area contributed by atoms with E-state index in [0.717, 1.165) is 19.3 Å². The van der Waals surface area contributed by atoms with Gasteiger partial charge in [0.1, 0.15) is 10.6 Å². The molecule has 0 unspecified atom stereocenters. The van der Waals surface area contributed by atoms with Crippen LogP contribution in [0.2, 0.25) is 0 Å². The fourth-order valence-electron chi connectivity index (χ4n) is 3.45. The Morgan fingerprint density at radius 2 is 1.88 bits per heavy atom. The smallest absolute Gasteiger partial charge is 0.271 e. The Morgan fingerprint density at radius 1 is 1.16 bits per heavy atom. The molecule has 0 atom stereocenters. The maximum absolute atomic E-state index is 13.1. The van der Waals surface area contributed by atoms with Gasteiger partial charge in [-0.3, -0.25) is 14.9 Å². The molecule has 170 valence electrons. The molecule has 0 spiro atoms. The van der Waals surface area contributed by atoms with E-state index in [2.05, 4.69) is 5.32 Å². The number of non-ortho nitro benzene ring substituents is 1. The highest BCUT2D eigenvalue weighted by Gasteiger charge is 2.29. The zero-order valence-corrected chi connectivity index (χ0v) is 18.7. The molecule has 1 saturated heterocycles. The number of piperidine rings is 1. The Balaban J connectivity index is 1.82. The number of nitrogens with zero attached hydrogens (tertiary/aromatic N) is 2. The summed E-state index contributed by atoms with van der Waals surface area (Å²) in [5, 5.41) is 13.6. The first-order valence-corrected chi connectivity index (χ1v) is 11.6. The van der Waals surface area contributed by atoms with Crippen molar-refractivity contribution >= 4 is 33.4 Å². The SMILES string of the molecule is COc1ccc(/C=C/C(=O)Nc2cc([N+](=O)[O-])ccc2C)cc1S(=O)(=O)N1CCCCC1. The average Bonchev–Trinajstić information content (AvgIpc) is 2.79. The number of methoxy groups -OCH3 is 1. The summed E-state index contributed by atoms with van der Waals surface area (Å²) in [6, 6.07) is 8.89. The number of ether oxygens (including phenoxy) is 1. The first-order valence-electron chi connectivity index (χ1n) is 10.1. The Hall–Kier alpha value is -3.24. The predicted molar refractivity (Wildman–Crippen MR) is 121 cm³/mol. The van der Waals surface area contributed by atoms with E-state index >= 15 is 0 Å². The molecule has 9 nitrogen and oxygen atoms in total. The lowest BCUT2D eigenvalue weighted by Crippen LogP contribution is -2.35. The van der Waals surface area contributed by atoms with Crippen LogP contribution in [0.3, 0.4) is 0 Å². The lowest BCUT2D eigenvalue weighted by atomic mass is 10.1. The maximum atomic E-state index is 13.1. The third-order valence-corrected chi connectivity index (χ3v) is 7.16. The van der Waals surface area contributed by atoms with Gasteiger partial charge in [0.2, 0.25) is 15.9 Å². The van der Waals surface area contributed by atoms with E-state index in [1.54, 1.807) is 25.1 Å². The largest absolute Gasteiger partial charge is 0.495 e. The summed E-state index contributed by atoms with van der Waals surface area (Å²) in [4.78, 5) is 22.8. The first kappa shape index (κ1) is 23.4. The maximum Gasteiger partial charge on any atom is 0.271 e. The second-order valence-electron chi connectivity index (χ2n) is 7.45. The number of hydrogen-bond acceptors (Lipinski definition) is 6. The van der Waals surface area contributed by atoms with Gasteiger partial charge in [-0.05, 0) is 49.1 Å². The number of aryl methyl sites for hydroxylation is 1. The Labute approximate surface area is 186 Å². The molecule has 0 radical (unpaired) electrons. The summed E-state index contributed by atoms with van der Waals surface area (Å²) in [6.45, 7) is 2.66. The topological polar surface area (TPSA) is 119 Å². The molecular formula is C22H25N3O6S. The number of nitro groups is 1. The van der Waals surface area contributed by atoms with E-state index in [4.69, 9.17) is 4.74 Å². The van der Waals surface area contributed by atoms with Gasteiger partial charge in [0, 0.05) is 31.3 Å². The van der Waals surface area contributed by atoms with Crippen molar-refractivity contribution in [1.29, 1.82) is 0 Å². The molecule has 1 aliphatic rings. The third-order valence-electron chi connectivity index (χ3n) is 5.24. The molecule has 3 rings (SSSR count). The molecular weight excluding hydrogens is 434 g/mol. The van der Waals surface area contributed by atoms with Gasteiger partial charge in [-0.15, -0.1) is 0 Å².